The van der Waals surface area contributed by atoms with Crippen molar-refractivity contribution in [1.82, 2.24) is 5.32 Å². The Labute approximate surface area is 125 Å². The largest absolute Gasteiger partial charge is 0.478 e. The quantitative estimate of drug-likeness (QED) is 0.811. The van der Waals surface area contributed by atoms with Gasteiger partial charge in [0.1, 0.15) is 0 Å². The van der Waals surface area contributed by atoms with Crippen molar-refractivity contribution in [3.63, 3.8) is 0 Å². The van der Waals surface area contributed by atoms with Gasteiger partial charge in [-0.2, -0.15) is 0 Å². The second-order valence-electron chi connectivity index (χ2n) is 6.06. The Morgan fingerprint density at radius 3 is 2.67 bits per heavy atom. The molecule has 0 spiro atoms. The summed E-state index contributed by atoms with van der Waals surface area (Å²) < 4.78 is 0. The number of nitrogens with one attached hydrogen (secondary N) is 1. The first-order valence-electron chi connectivity index (χ1n) is 7.64. The van der Waals surface area contributed by atoms with Gasteiger partial charge in [-0.1, -0.05) is 31.9 Å². The van der Waals surface area contributed by atoms with Crippen LogP contribution in [0.5, 0.6) is 0 Å². The van der Waals surface area contributed by atoms with E-state index in [0.29, 0.717) is 5.41 Å². The summed E-state index contributed by atoms with van der Waals surface area (Å²) >= 11 is 0. The van der Waals surface area contributed by atoms with Crippen LogP contribution in [-0.4, -0.2) is 23.5 Å². The number of hydrogen-bond donors (Lipinski definition) is 2. The van der Waals surface area contributed by atoms with Crippen LogP contribution in [-0.2, 0) is 11.2 Å². The topological polar surface area (TPSA) is 66.4 Å². The van der Waals surface area contributed by atoms with Gasteiger partial charge in [-0.3, -0.25) is 4.79 Å². The van der Waals surface area contributed by atoms with Gasteiger partial charge in [-0.05, 0) is 42.4 Å². The molecule has 1 amide bonds. The molecule has 0 bridgehead atoms. The fraction of sp³-hybridized carbons (Fsp3) is 0.529. The maximum Gasteiger partial charge on any atom is 0.335 e. The third-order valence-corrected chi connectivity index (χ3v) is 4.39. The van der Waals surface area contributed by atoms with E-state index in [-0.39, 0.29) is 17.9 Å². The van der Waals surface area contributed by atoms with Crippen molar-refractivity contribution in [3.05, 3.63) is 35.4 Å². The van der Waals surface area contributed by atoms with Gasteiger partial charge in [0.15, 0.2) is 0 Å². The van der Waals surface area contributed by atoms with E-state index in [1.165, 1.54) is 31.7 Å². The van der Waals surface area contributed by atoms with Crippen LogP contribution in [0.15, 0.2) is 24.3 Å². The zero-order valence-corrected chi connectivity index (χ0v) is 12.5. The predicted molar refractivity (Wildman–Crippen MR) is 81.3 cm³/mol. The highest BCUT2D eigenvalue weighted by Crippen LogP contribution is 2.44. The van der Waals surface area contributed by atoms with Crippen LogP contribution in [0.4, 0.5) is 0 Å². The van der Waals surface area contributed by atoms with Crippen molar-refractivity contribution < 1.29 is 14.7 Å². The van der Waals surface area contributed by atoms with Crippen LogP contribution in [0.1, 0.15) is 54.9 Å². The summed E-state index contributed by atoms with van der Waals surface area (Å²) in [6.07, 6.45) is 6.23. The van der Waals surface area contributed by atoms with Gasteiger partial charge in [-0.25, -0.2) is 4.79 Å². The molecular formula is C17H23NO3. The second-order valence-corrected chi connectivity index (χ2v) is 6.06. The zero-order chi connectivity index (χ0) is 15.3. The van der Waals surface area contributed by atoms with Crippen molar-refractivity contribution in [3.8, 4) is 0 Å². The molecule has 1 aromatic carbocycles. The van der Waals surface area contributed by atoms with Gasteiger partial charge in [0.2, 0.25) is 5.91 Å². The lowest BCUT2D eigenvalue weighted by Gasteiger charge is -2.42. The Hall–Kier alpha value is -1.84. The van der Waals surface area contributed by atoms with Crippen LogP contribution >= 0.6 is 0 Å². The SMILES string of the molecule is CCCC1(CNC(=O)Cc2cccc(C(=O)O)c2)CCC1. The van der Waals surface area contributed by atoms with Gasteiger partial charge in [0.25, 0.3) is 0 Å². The van der Waals surface area contributed by atoms with Crippen LogP contribution in [0.3, 0.4) is 0 Å². The lowest BCUT2D eigenvalue weighted by molar-refractivity contribution is -0.121. The Bertz CT molecular complexity index is 521. The highest BCUT2D eigenvalue weighted by atomic mass is 16.4. The number of amides is 1. The molecule has 1 aromatic rings. The molecule has 1 aliphatic rings. The van der Waals surface area contributed by atoms with Crippen molar-refractivity contribution in [2.75, 3.05) is 6.54 Å². The van der Waals surface area contributed by atoms with Gasteiger partial charge in [0.05, 0.1) is 12.0 Å². The van der Waals surface area contributed by atoms with Crippen LogP contribution < -0.4 is 5.32 Å². The minimum atomic E-state index is -0.964. The van der Waals surface area contributed by atoms with Crippen molar-refractivity contribution in [1.29, 1.82) is 0 Å². The normalized spacial score (nSPS) is 16.0. The first-order valence-corrected chi connectivity index (χ1v) is 7.64. The third kappa shape index (κ3) is 4.06. The molecule has 0 atom stereocenters. The number of carboxylic acid groups (broad SMARTS) is 1. The van der Waals surface area contributed by atoms with E-state index < -0.39 is 5.97 Å². The molecule has 4 nitrogen and oxygen atoms in total. The summed E-state index contributed by atoms with van der Waals surface area (Å²) in [6, 6.07) is 6.56. The first-order chi connectivity index (χ1) is 10.0. The number of rotatable bonds is 7. The van der Waals surface area contributed by atoms with Crippen LogP contribution in [0, 0.1) is 5.41 Å². The number of benzene rings is 1. The maximum atomic E-state index is 12.0. The maximum absolute atomic E-state index is 12.0. The Kier molecular flexibility index (Phi) is 4.99. The molecular weight excluding hydrogens is 266 g/mol. The summed E-state index contributed by atoms with van der Waals surface area (Å²) in [5.74, 6) is -0.992. The van der Waals surface area contributed by atoms with E-state index >= 15 is 0 Å². The lowest BCUT2D eigenvalue weighted by Crippen LogP contribution is -2.42. The molecule has 0 heterocycles. The molecule has 0 unspecified atom stereocenters. The van der Waals surface area contributed by atoms with Gasteiger partial charge < -0.3 is 10.4 Å². The molecule has 2 N–H and O–H groups in total. The van der Waals surface area contributed by atoms with Crippen molar-refractivity contribution >= 4 is 11.9 Å². The fourth-order valence-electron chi connectivity index (χ4n) is 3.07. The Morgan fingerprint density at radius 2 is 2.10 bits per heavy atom. The Balaban J connectivity index is 1.87. The second kappa shape index (κ2) is 6.74. The summed E-state index contributed by atoms with van der Waals surface area (Å²) in [5, 5.41) is 12.0. The van der Waals surface area contributed by atoms with Gasteiger partial charge >= 0.3 is 5.97 Å². The number of carboxylic acids is 1. The summed E-state index contributed by atoms with van der Waals surface area (Å²) in [4.78, 5) is 22.9. The minimum absolute atomic E-state index is 0.0279. The molecule has 0 radical (unpaired) electrons. The highest BCUT2D eigenvalue weighted by Gasteiger charge is 2.35. The summed E-state index contributed by atoms with van der Waals surface area (Å²) in [5.41, 5.74) is 1.28. The highest BCUT2D eigenvalue weighted by molar-refractivity contribution is 5.88. The monoisotopic (exact) mass is 289 g/mol. The first kappa shape index (κ1) is 15.5. The number of carbonyl (C=O) groups excluding carboxylic acids is 1. The van der Waals surface area contributed by atoms with E-state index in [1.54, 1.807) is 18.2 Å². The molecule has 0 aromatic heterocycles. The molecule has 1 fully saturated rings. The van der Waals surface area contributed by atoms with E-state index in [2.05, 4.69) is 12.2 Å². The smallest absolute Gasteiger partial charge is 0.335 e. The lowest BCUT2D eigenvalue weighted by atomic mass is 9.66. The standard InChI is InChI=1S/C17H23NO3/c1-2-7-17(8-4-9-17)12-18-15(19)11-13-5-3-6-14(10-13)16(20)21/h3,5-6,10H,2,4,7-9,11-12H2,1H3,(H,18,19)(H,20,21). The number of hydrogen-bond acceptors (Lipinski definition) is 2. The summed E-state index contributed by atoms with van der Waals surface area (Å²) in [7, 11) is 0. The summed E-state index contributed by atoms with van der Waals surface area (Å²) in [6.45, 7) is 2.93. The Morgan fingerprint density at radius 1 is 1.33 bits per heavy atom. The van der Waals surface area contributed by atoms with E-state index in [4.69, 9.17) is 5.11 Å². The number of carbonyl (C=O) groups is 2. The molecule has 4 heteroatoms. The van der Waals surface area contributed by atoms with E-state index in [1.807, 2.05) is 0 Å². The van der Waals surface area contributed by atoms with Gasteiger partial charge in [0, 0.05) is 6.54 Å². The average molecular weight is 289 g/mol. The molecule has 0 aliphatic heterocycles. The van der Waals surface area contributed by atoms with Gasteiger partial charge in [-0.15, -0.1) is 0 Å². The van der Waals surface area contributed by atoms with Crippen LogP contribution in [0.2, 0.25) is 0 Å². The molecule has 21 heavy (non-hydrogen) atoms. The number of aromatic carboxylic acids is 1. The molecule has 1 aliphatic carbocycles. The molecule has 0 saturated heterocycles. The minimum Gasteiger partial charge on any atom is -0.478 e. The van der Waals surface area contributed by atoms with E-state index in [9.17, 15) is 9.59 Å². The van der Waals surface area contributed by atoms with Crippen LogP contribution in [0.25, 0.3) is 0 Å². The van der Waals surface area contributed by atoms with Crippen molar-refractivity contribution in [2.24, 2.45) is 5.41 Å². The van der Waals surface area contributed by atoms with E-state index in [0.717, 1.165) is 18.5 Å². The average Bonchev–Trinajstić information content (AvgIpc) is 2.42. The molecule has 1 saturated carbocycles. The third-order valence-electron chi connectivity index (χ3n) is 4.39. The zero-order valence-electron chi connectivity index (χ0n) is 12.5. The fourth-order valence-corrected chi connectivity index (χ4v) is 3.07. The van der Waals surface area contributed by atoms with Crippen molar-refractivity contribution in [2.45, 2.75) is 45.4 Å². The molecule has 114 valence electrons. The predicted octanol–water partition coefficient (Wildman–Crippen LogP) is 3.01. The molecule has 2 rings (SSSR count).